The maximum atomic E-state index is 3.30. The summed E-state index contributed by atoms with van der Waals surface area (Å²) in [4.78, 5) is 0. The standard InChI is InChI=1S/C13H9.C6H7.C3H6.Zr/c1-3-7-12-10(5-1)9-11-6-2-4-8-13(11)12;1-6-4-2-3-5-6;1-3-2;/h1-5,7-8H,9H2;2,4H,3H2,1H3;1-2H3;/q2*-1;;+2. The van der Waals surface area contributed by atoms with Gasteiger partial charge >= 0.3 is 41.3 Å². The molecule has 0 spiro atoms. The second-order valence-electron chi connectivity index (χ2n) is 5.86. The van der Waals surface area contributed by atoms with Gasteiger partial charge in [0.05, 0.1) is 0 Å². The maximum Gasteiger partial charge on any atom is -0.0253 e. The zero-order valence-electron chi connectivity index (χ0n) is 14.1. The van der Waals surface area contributed by atoms with Crippen molar-refractivity contribution in [1.29, 1.82) is 0 Å². The molecule has 4 rings (SSSR count). The molecule has 0 atom stereocenters. The molecule has 0 amide bonds. The first-order chi connectivity index (χ1) is 11.1. The molecule has 2 aromatic rings. The van der Waals surface area contributed by atoms with Crippen molar-refractivity contribution in [2.24, 2.45) is 0 Å². The van der Waals surface area contributed by atoms with E-state index in [9.17, 15) is 0 Å². The van der Waals surface area contributed by atoms with Crippen LogP contribution in [-0.4, -0.2) is 3.21 Å². The molecule has 114 valence electrons. The smallest absolute Gasteiger partial charge is 0.0253 e. The van der Waals surface area contributed by atoms with Gasteiger partial charge in [-0.05, 0) is 6.42 Å². The molecule has 0 aliphatic heterocycles. The number of allylic oxidation sites excluding steroid dienone is 4. The van der Waals surface area contributed by atoms with E-state index in [4.69, 9.17) is 0 Å². The van der Waals surface area contributed by atoms with Gasteiger partial charge in [0.1, 0.15) is 0 Å². The monoisotopic (exact) mass is 376 g/mol. The van der Waals surface area contributed by atoms with E-state index in [1.54, 1.807) is 24.2 Å². The molecule has 0 radical (unpaired) electrons. The summed E-state index contributed by atoms with van der Waals surface area (Å²) in [6.45, 7) is 6.31. The van der Waals surface area contributed by atoms with Crippen molar-refractivity contribution in [1.82, 2.24) is 0 Å². The Kier molecular flexibility index (Phi) is 7.12. The Balaban J connectivity index is 0.000000161. The third-order valence-corrected chi connectivity index (χ3v) is 3.48. The molecule has 0 nitrogen and oxygen atoms in total. The number of benzene rings is 2. The van der Waals surface area contributed by atoms with Crippen LogP contribution in [-0.2, 0) is 30.7 Å². The molecule has 0 saturated carbocycles. The summed E-state index contributed by atoms with van der Waals surface area (Å²) >= 11 is 1.55. The predicted octanol–water partition coefficient (Wildman–Crippen LogP) is 5.50. The van der Waals surface area contributed by atoms with E-state index >= 15 is 0 Å². The fraction of sp³-hybridized carbons (Fsp3) is 0.227. The number of hydrogen-bond donors (Lipinski definition) is 0. The van der Waals surface area contributed by atoms with Crippen LogP contribution in [0.1, 0.15) is 38.3 Å². The molecule has 23 heavy (non-hydrogen) atoms. The normalized spacial score (nSPS) is 13.0. The van der Waals surface area contributed by atoms with Crippen molar-refractivity contribution in [2.75, 3.05) is 0 Å². The molecule has 0 bridgehead atoms. The minimum atomic E-state index is 1.02. The third-order valence-electron chi connectivity index (χ3n) is 3.48. The van der Waals surface area contributed by atoms with Crippen molar-refractivity contribution in [3.63, 3.8) is 0 Å². The second kappa shape index (κ2) is 9.09. The van der Waals surface area contributed by atoms with Gasteiger partial charge in [0.15, 0.2) is 0 Å². The van der Waals surface area contributed by atoms with Crippen LogP contribution in [0.2, 0.25) is 0 Å². The van der Waals surface area contributed by atoms with Crippen LogP contribution in [0.15, 0.2) is 60.2 Å². The van der Waals surface area contributed by atoms with Crippen molar-refractivity contribution in [3.05, 3.63) is 83.5 Å². The van der Waals surface area contributed by atoms with Crippen LogP contribution in [0.25, 0.3) is 11.1 Å². The van der Waals surface area contributed by atoms with Crippen LogP contribution in [0, 0.1) is 12.1 Å². The molecule has 0 saturated heterocycles. The molecule has 0 N–H and O–H groups in total. The molecule has 0 fully saturated rings. The third kappa shape index (κ3) is 5.66. The average molecular weight is 378 g/mol. The topological polar surface area (TPSA) is 0 Å². The van der Waals surface area contributed by atoms with Crippen molar-refractivity contribution in [2.45, 2.75) is 33.6 Å². The molecule has 0 heterocycles. The molecule has 2 aromatic carbocycles. The van der Waals surface area contributed by atoms with E-state index in [-0.39, 0.29) is 0 Å². The Hall–Kier alpha value is -1.33. The minimum absolute atomic E-state index is 1.02. The van der Waals surface area contributed by atoms with Crippen LogP contribution < -0.4 is 0 Å². The summed E-state index contributed by atoms with van der Waals surface area (Å²) in [5.74, 6) is 0. The SMILES string of the molecule is CC1=[C-]CC=C1.C[C](C)=[Zr+2].[c-]1cccc2c1Cc1ccccc1-2. The Morgan fingerprint density at radius 2 is 1.74 bits per heavy atom. The Labute approximate surface area is 155 Å². The molecule has 2 aliphatic rings. The van der Waals surface area contributed by atoms with E-state index in [2.05, 4.69) is 81.5 Å². The zero-order chi connectivity index (χ0) is 16.7. The largest absolute Gasteiger partial charge is 0.179 e. The zero-order valence-corrected chi connectivity index (χ0v) is 16.6. The summed E-state index contributed by atoms with van der Waals surface area (Å²) in [5, 5.41) is 0. The summed E-state index contributed by atoms with van der Waals surface area (Å²) in [7, 11) is 0. The first kappa shape index (κ1) is 18.0. The first-order valence-corrected chi connectivity index (χ1v) is 9.14. The van der Waals surface area contributed by atoms with Gasteiger partial charge < -0.3 is 0 Å². The quantitative estimate of drug-likeness (QED) is 0.454. The first-order valence-electron chi connectivity index (χ1n) is 7.91. The average Bonchev–Trinajstić information content (AvgIpc) is 3.13. The summed E-state index contributed by atoms with van der Waals surface area (Å²) < 4.78 is 1.51. The van der Waals surface area contributed by atoms with Gasteiger partial charge in [0.2, 0.25) is 0 Å². The maximum absolute atomic E-state index is 3.30. The van der Waals surface area contributed by atoms with Gasteiger partial charge in [-0.1, -0.05) is 42.3 Å². The van der Waals surface area contributed by atoms with Crippen LogP contribution >= 0.6 is 0 Å². The Morgan fingerprint density at radius 3 is 2.35 bits per heavy atom. The fourth-order valence-electron chi connectivity index (χ4n) is 2.51. The van der Waals surface area contributed by atoms with Gasteiger partial charge in [-0.2, -0.15) is 35.9 Å². The van der Waals surface area contributed by atoms with Crippen LogP contribution in [0.4, 0.5) is 0 Å². The molecular weight excluding hydrogens is 355 g/mol. The van der Waals surface area contributed by atoms with Crippen molar-refractivity contribution >= 4 is 3.21 Å². The molecule has 2 aliphatic carbocycles. The van der Waals surface area contributed by atoms with Crippen molar-refractivity contribution < 1.29 is 24.2 Å². The van der Waals surface area contributed by atoms with Gasteiger partial charge in [-0.25, -0.2) is 11.6 Å². The van der Waals surface area contributed by atoms with Crippen LogP contribution in [0.3, 0.4) is 0 Å². The van der Waals surface area contributed by atoms with Crippen LogP contribution in [0.5, 0.6) is 0 Å². The fourth-order valence-corrected chi connectivity index (χ4v) is 2.51. The summed E-state index contributed by atoms with van der Waals surface area (Å²) in [6.07, 6.45) is 9.38. The van der Waals surface area contributed by atoms with Gasteiger partial charge in [0, 0.05) is 0 Å². The van der Waals surface area contributed by atoms with E-state index in [1.807, 2.05) is 6.07 Å². The molecule has 1 heteroatoms. The number of hydrogen-bond acceptors (Lipinski definition) is 0. The molecular formula is C22H22Zr. The van der Waals surface area contributed by atoms with E-state index in [0.29, 0.717) is 0 Å². The van der Waals surface area contributed by atoms with Crippen molar-refractivity contribution in [3.8, 4) is 11.1 Å². The molecule has 0 aromatic heterocycles. The van der Waals surface area contributed by atoms with Gasteiger partial charge in [-0.15, -0.1) is 12.0 Å². The number of fused-ring (bicyclic) bond motifs is 3. The van der Waals surface area contributed by atoms with E-state index < -0.39 is 0 Å². The van der Waals surface area contributed by atoms with E-state index in [0.717, 1.165) is 12.8 Å². The molecule has 0 unspecified atom stereocenters. The van der Waals surface area contributed by atoms with Gasteiger partial charge in [-0.3, -0.25) is 6.08 Å². The second-order valence-corrected chi connectivity index (χ2v) is 8.32. The summed E-state index contributed by atoms with van der Waals surface area (Å²) in [6, 6.07) is 18.1. The minimum Gasteiger partial charge on any atom is -0.179 e. The summed E-state index contributed by atoms with van der Waals surface area (Å²) in [5.41, 5.74) is 6.78. The predicted molar refractivity (Wildman–Crippen MR) is 96.1 cm³/mol. The van der Waals surface area contributed by atoms with Gasteiger partial charge in [0.25, 0.3) is 0 Å². The Bertz CT molecular complexity index is 685. The van der Waals surface area contributed by atoms with E-state index in [1.165, 1.54) is 31.0 Å². The number of rotatable bonds is 0. The Morgan fingerprint density at radius 1 is 1.04 bits per heavy atom.